The zero-order valence-corrected chi connectivity index (χ0v) is 30.9. The number of para-hydroxylation sites is 3. The summed E-state index contributed by atoms with van der Waals surface area (Å²) in [5, 5.41) is 2.44. The molecule has 5 heteroatoms. The number of ether oxygens (including phenoxy) is 1. The van der Waals surface area contributed by atoms with Gasteiger partial charge in [0.2, 0.25) is 0 Å². The van der Waals surface area contributed by atoms with Crippen molar-refractivity contribution < 1.29 is 4.74 Å². The van der Waals surface area contributed by atoms with Gasteiger partial charge in [0.1, 0.15) is 23.1 Å². The van der Waals surface area contributed by atoms with Crippen molar-refractivity contribution >= 4 is 32.8 Å². The fraction of sp³-hybridized carbons (Fsp3) is 0.143. The van der Waals surface area contributed by atoms with Crippen LogP contribution in [0.25, 0.3) is 66.9 Å². The summed E-state index contributed by atoms with van der Waals surface area (Å²) in [4.78, 5) is 10.1. The Bertz CT molecular complexity index is 2870. The fourth-order valence-corrected chi connectivity index (χ4v) is 8.56. The second kappa shape index (κ2) is 12.6. The molecule has 3 aromatic heterocycles. The molecule has 3 heterocycles. The van der Waals surface area contributed by atoms with Gasteiger partial charge in [0.25, 0.3) is 0 Å². The topological polar surface area (TPSA) is 44.9 Å². The largest absolute Gasteiger partial charge is 0.457 e. The third-order valence-electron chi connectivity index (χ3n) is 11.0. The van der Waals surface area contributed by atoms with E-state index in [1.807, 2.05) is 24.4 Å². The Kier molecular flexibility index (Phi) is 7.51. The van der Waals surface area contributed by atoms with Crippen LogP contribution in [0, 0.1) is 0 Å². The lowest BCUT2D eigenvalue weighted by molar-refractivity contribution is 0.483. The molecule has 0 fully saturated rings. The van der Waals surface area contributed by atoms with Crippen molar-refractivity contribution in [3.63, 3.8) is 0 Å². The van der Waals surface area contributed by atoms with E-state index < -0.39 is 0 Å². The van der Waals surface area contributed by atoms with Gasteiger partial charge in [-0.15, -0.1) is 0 Å². The maximum Gasteiger partial charge on any atom is 0.145 e. The number of imidazole rings is 1. The quantitative estimate of drug-likeness (QED) is 0.166. The molecule has 1 aliphatic carbocycles. The van der Waals surface area contributed by atoms with E-state index in [-0.39, 0.29) is 0 Å². The zero-order chi connectivity index (χ0) is 36.5. The average Bonchev–Trinajstić information content (AvgIpc) is 3.87. The van der Waals surface area contributed by atoms with Crippen molar-refractivity contribution in [2.24, 2.45) is 0 Å². The summed E-state index contributed by atoms with van der Waals surface area (Å²) in [5.41, 5.74) is 14.5. The summed E-state index contributed by atoms with van der Waals surface area (Å²) in [5.74, 6) is 3.98. The molecule has 0 saturated heterocycles. The highest BCUT2D eigenvalue weighted by Crippen LogP contribution is 2.46. The van der Waals surface area contributed by atoms with Crippen LogP contribution >= 0.6 is 0 Å². The predicted octanol–water partition coefficient (Wildman–Crippen LogP) is 12.8. The summed E-state index contributed by atoms with van der Waals surface area (Å²) >= 11 is 0. The average molecular weight is 701 g/mol. The molecule has 6 aromatic carbocycles. The summed E-state index contributed by atoms with van der Waals surface area (Å²) in [6.07, 6.45) is 2.81. The lowest BCUT2D eigenvalue weighted by Crippen LogP contribution is -2.08. The number of hydrogen-bond acceptors (Lipinski definition) is 3. The van der Waals surface area contributed by atoms with Gasteiger partial charge in [0.05, 0.1) is 27.8 Å². The highest BCUT2D eigenvalue weighted by molar-refractivity contribution is 6.17. The normalized spacial score (nSPS) is 12.3. The first kappa shape index (κ1) is 32.2. The molecule has 0 saturated carbocycles. The van der Waals surface area contributed by atoms with Gasteiger partial charge in [0.15, 0.2) is 0 Å². The Labute approximate surface area is 315 Å². The van der Waals surface area contributed by atoms with Gasteiger partial charge in [-0.2, -0.15) is 0 Å². The smallest absolute Gasteiger partial charge is 0.145 e. The molecule has 0 N–H and O–H groups in total. The predicted molar refractivity (Wildman–Crippen MR) is 222 cm³/mol. The molecule has 0 bridgehead atoms. The van der Waals surface area contributed by atoms with Crippen molar-refractivity contribution in [3.05, 3.63) is 168 Å². The monoisotopic (exact) mass is 700 g/mol. The minimum absolute atomic E-state index is 0.342. The molecule has 9 aromatic rings. The van der Waals surface area contributed by atoms with Crippen molar-refractivity contribution in [3.8, 4) is 45.5 Å². The van der Waals surface area contributed by atoms with Crippen LogP contribution in [0.3, 0.4) is 0 Å². The second-order valence-electron chi connectivity index (χ2n) is 15.0. The Morgan fingerprint density at radius 1 is 0.593 bits per heavy atom. The summed E-state index contributed by atoms with van der Waals surface area (Å²) < 4.78 is 11.4. The van der Waals surface area contributed by atoms with Crippen molar-refractivity contribution in [2.45, 2.75) is 46.0 Å². The van der Waals surface area contributed by atoms with Crippen LogP contribution in [0.4, 0.5) is 0 Å². The first-order chi connectivity index (χ1) is 26.4. The molecular formula is C49H40N4O. The number of nitrogens with zero attached hydrogens (tertiary/aromatic N) is 4. The number of benzene rings is 6. The maximum absolute atomic E-state index is 6.76. The lowest BCUT2D eigenvalue weighted by atomic mass is 9.92. The van der Waals surface area contributed by atoms with Crippen LogP contribution in [-0.4, -0.2) is 19.1 Å². The first-order valence-corrected chi connectivity index (χ1v) is 18.9. The van der Waals surface area contributed by atoms with Crippen molar-refractivity contribution in [1.29, 1.82) is 0 Å². The SMILES string of the molecule is CC(C)c1cccc(C(C)C)c1-n1c(-c2cccc(Oc3ccc4c5c6c(ccc5n(-c5ccccn5)c4c3)Cc3ccccc3-6)c2)nc2ccccc21. The Morgan fingerprint density at radius 2 is 1.35 bits per heavy atom. The van der Waals surface area contributed by atoms with E-state index in [0.29, 0.717) is 11.8 Å². The number of pyridine rings is 1. The molecule has 262 valence electrons. The van der Waals surface area contributed by atoms with Gasteiger partial charge in [-0.1, -0.05) is 107 Å². The van der Waals surface area contributed by atoms with E-state index in [4.69, 9.17) is 14.7 Å². The standard InChI is InChI=1S/C49H40N4O/c1-30(2)37-17-12-18-38(31(3)4)48(37)53-42-20-8-7-19-41(42)51-49(53)34-14-11-15-35(28-34)54-36-23-24-40-44(29-36)52(45-21-9-10-26-50-45)43-25-22-33-27-32-13-5-6-16-39(32)46(33)47(40)43/h5-26,28-31H,27H2,1-4H3. The molecular weight excluding hydrogens is 661 g/mol. The highest BCUT2D eigenvalue weighted by Gasteiger charge is 2.26. The third-order valence-corrected chi connectivity index (χ3v) is 11.0. The fourth-order valence-electron chi connectivity index (χ4n) is 8.56. The molecule has 0 radical (unpaired) electrons. The molecule has 0 amide bonds. The van der Waals surface area contributed by atoms with Crippen LogP contribution in [0.5, 0.6) is 11.5 Å². The van der Waals surface area contributed by atoms with Gasteiger partial charge in [-0.05, 0) is 106 Å². The Hall–Kier alpha value is -6.46. The third kappa shape index (κ3) is 5.07. The van der Waals surface area contributed by atoms with E-state index >= 15 is 0 Å². The maximum atomic E-state index is 6.76. The molecule has 10 rings (SSSR count). The number of rotatable bonds is 7. The van der Waals surface area contributed by atoms with Gasteiger partial charge in [0, 0.05) is 28.6 Å². The molecule has 1 aliphatic rings. The molecule has 54 heavy (non-hydrogen) atoms. The minimum atomic E-state index is 0.342. The van der Waals surface area contributed by atoms with Crippen LogP contribution in [0.2, 0.25) is 0 Å². The van der Waals surface area contributed by atoms with Crippen LogP contribution < -0.4 is 4.74 Å². The second-order valence-corrected chi connectivity index (χ2v) is 15.0. The van der Waals surface area contributed by atoms with Gasteiger partial charge in [-0.25, -0.2) is 9.97 Å². The minimum Gasteiger partial charge on any atom is -0.457 e. The van der Waals surface area contributed by atoms with E-state index in [2.05, 4.69) is 158 Å². The highest BCUT2D eigenvalue weighted by atomic mass is 16.5. The van der Waals surface area contributed by atoms with Crippen molar-refractivity contribution in [1.82, 2.24) is 19.1 Å². The summed E-state index contributed by atoms with van der Waals surface area (Å²) in [6.45, 7) is 9.08. The molecule has 0 unspecified atom stereocenters. The number of hydrogen-bond donors (Lipinski definition) is 0. The molecule has 0 spiro atoms. The Balaban J connectivity index is 1.12. The molecule has 0 aliphatic heterocycles. The van der Waals surface area contributed by atoms with Gasteiger partial charge in [-0.3, -0.25) is 9.13 Å². The van der Waals surface area contributed by atoms with E-state index in [1.165, 1.54) is 49.8 Å². The van der Waals surface area contributed by atoms with Gasteiger partial charge >= 0.3 is 0 Å². The first-order valence-electron chi connectivity index (χ1n) is 18.9. The van der Waals surface area contributed by atoms with E-state index in [1.54, 1.807) is 0 Å². The summed E-state index contributed by atoms with van der Waals surface area (Å²) in [7, 11) is 0. The number of fused-ring (bicyclic) bond motifs is 8. The van der Waals surface area contributed by atoms with Crippen LogP contribution in [0.1, 0.15) is 61.8 Å². The zero-order valence-electron chi connectivity index (χ0n) is 30.9. The Morgan fingerprint density at radius 3 is 2.17 bits per heavy atom. The summed E-state index contributed by atoms with van der Waals surface area (Å²) in [6, 6.07) is 49.4. The number of aromatic nitrogens is 4. The van der Waals surface area contributed by atoms with Gasteiger partial charge < -0.3 is 4.74 Å². The lowest BCUT2D eigenvalue weighted by Gasteiger charge is -2.22. The molecule has 0 atom stereocenters. The molecule has 5 nitrogen and oxygen atoms in total. The van der Waals surface area contributed by atoms with E-state index in [0.717, 1.165) is 57.2 Å². The van der Waals surface area contributed by atoms with Crippen LogP contribution in [-0.2, 0) is 6.42 Å². The van der Waals surface area contributed by atoms with Crippen molar-refractivity contribution in [2.75, 3.05) is 0 Å². The van der Waals surface area contributed by atoms with E-state index in [9.17, 15) is 0 Å². The van der Waals surface area contributed by atoms with Crippen LogP contribution in [0.15, 0.2) is 146 Å².